The lowest BCUT2D eigenvalue weighted by molar-refractivity contribution is -0.156. The maximum absolute atomic E-state index is 12.7. The maximum atomic E-state index is 12.7. The zero-order valence-corrected chi connectivity index (χ0v) is 16.3. The van der Waals surface area contributed by atoms with Crippen LogP contribution in [0.4, 0.5) is 0 Å². The van der Waals surface area contributed by atoms with E-state index >= 15 is 0 Å². The Hall–Kier alpha value is -4.29. The van der Waals surface area contributed by atoms with Gasteiger partial charge in [0, 0.05) is 29.9 Å². The molecule has 2 aromatic rings. The second-order valence-electron chi connectivity index (χ2n) is 6.53. The first kappa shape index (κ1) is 23.0. The number of ketones is 1. The summed E-state index contributed by atoms with van der Waals surface area (Å²) >= 11 is 0. The molecule has 0 saturated heterocycles. The second kappa shape index (κ2) is 11.0. The minimum absolute atomic E-state index is 0.0601. The molecule has 1 aromatic carbocycles. The van der Waals surface area contributed by atoms with Crippen LogP contribution in [-0.2, 0) is 30.3 Å². The fourth-order valence-corrected chi connectivity index (χ4v) is 2.89. The minimum atomic E-state index is -1.44. The summed E-state index contributed by atoms with van der Waals surface area (Å²) in [5.74, 6) is -3.83. The summed E-state index contributed by atoms with van der Waals surface area (Å²) in [5.41, 5.74) is 9.80. The second-order valence-corrected chi connectivity index (χ2v) is 6.53. The van der Waals surface area contributed by atoms with Crippen molar-refractivity contribution in [3.05, 3.63) is 41.6 Å². The summed E-state index contributed by atoms with van der Waals surface area (Å²) in [6.45, 7) is 0. The van der Waals surface area contributed by atoms with Crippen LogP contribution in [0.15, 0.2) is 30.5 Å². The van der Waals surface area contributed by atoms with Gasteiger partial charge in [-0.3, -0.25) is 14.4 Å². The predicted molar refractivity (Wildman–Crippen MR) is 106 cm³/mol. The van der Waals surface area contributed by atoms with E-state index in [0.29, 0.717) is 11.8 Å². The first-order valence-corrected chi connectivity index (χ1v) is 9.20. The molecule has 0 aliphatic rings. The van der Waals surface area contributed by atoms with E-state index in [0.717, 1.165) is 10.9 Å². The van der Waals surface area contributed by atoms with E-state index in [1.165, 1.54) is 0 Å². The number of aromatic nitrogens is 1. The largest absolute Gasteiger partial charge is 0.480 e. The van der Waals surface area contributed by atoms with E-state index < -0.39 is 42.2 Å². The van der Waals surface area contributed by atoms with Crippen LogP contribution < -0.4 is 5.32 Å². The van der Waals surface area contributed by atoms with Gasteiger partial charge in [0.1, 0.15) is 12.5 Å². The van der Waals surface area contributed by atoms with E-state index in [4.69, 9.17) is 15.5 Å². The van der Waals surface area contributed by atoms with E-state index in [9.17, 15) is 24.3 Å². The monoisotopic (exact) mass is 425 g/mol. The zero-order chi connectivity index (χ0) is 22.8. The van der Waals surface area contributed by atoms with Crippen molar-refractivity contribution in [2.24, 2.45) is 0 Å². The Morgan fingerprint density at radius 1 is 1.32 bits per heavy atom. The van der Waals surface area contributed by atoms with Crippen molar-refractivity contribution in [2.75, 3.05) is 0 Å². The van der Waals surface area contributed by atoms with Crippen LogP contribution in [0.1, 0.15) is 24.8 Å². The predicted octanol–water partition coefficient (Wildman–Crippen LogP) is 0.755. The third-order valence-electron chi connectivity index (χ3n) is 4.37. The number of carbonyl (C=O) groups excluding carboxylic acids is 3. The molecule has 1 unspecified atom stereocenters. The van der Waals surface area contributed by atoms with Gasteiger partial charge < -0.3 is 25.7 Å². The van der Waals surface area contributed by atoms with Gasteiger partial charge in [0.2, 0.25) is 5.78 Å². The van der Waals surface area contributed by atoms with Gasteiger partial charge >= 0.3 is 18.2 Å². The molecule has 1 heterocycles. The van der Waals surface area contributed by atoms with Crippen molar-refractivity contribution >= 4 is 40.7 Å². The molecule has 1 amide bonds. The highest BCUT2D eigenvalue weighted by Gasteiger charge is 2.29. The topological polar surface area (TPSA) is 186 Å². The van der Waals surface area contributed by atoms with E-state index in [1.54, 1.807) is 18.3 Å². The molecule has 2 rings (SSSR count). The van der Waals surface area contributed by atoms with Crippen LogP contribution >= 0.6 is 0 Å². The number of H-pyrrole nitrogens is 1. The van der Waals surface area contributed by atoms with Gasteiger partial charge in [-0.2, -0.15) is 10.1 Å². The third kappa shape index (κ3) is 6.62. The van der Waals surface area contributed by atoms with Crippen LogP contribution in [0.5, 0.6) is 0 Å². The molecular weight excluding hydrogens is 406 g/mol. The molecule has 160 valence electrons. The maximum Gasteiger partial charge on any atom is 0.326 e. The first-order valence-electron chi connectivity index (χ1n) is 9.20. The van der Waals surface area contributed by atoms with Crippen molar-refractivity contribution in [1.82, 2.24) is 10.3 Å². The molecule has 1 aromatic heterocycles. The number of aromatic amines is 1. The summed E-state index contributed by atoms with van der Waals surface area (Å²) in [7, 11) is 0. The number of nitriles is 1. The van der Waals surface area contributed by atoms with Gasteiger partial charge in [-0.1, -0.05) is 18.2 Å². The number of hydrogen-bond acceptors (Lipinski definition) is 6. The molecule has 11 nitrogen and oxygen atoms in total. The van der Waals surface area contributed by atoms with E-state index in [1.807, 2.05) is 18.2 Å². The number of para-hydroxylation sites is 1. The van der Waals surface area contributed by atoms with E-state index in [-0.39, 0.29) is 19.3 Å². The number of hydrogen-bond donors (Lipinski definition) is 3. The molecule has 31 heavy (non-hydrogen) atoms. The van der Waals surface area contributed by atoms with E-state index in [2.05, 4.69) is 15.1 Å². The smallest absolute Gasteiger partial charge is 0.326 e. The summed E-state index contributed by atoms with van der Waals surface area (Å²) < 4.78 is 5.12. The molecule has 0 aliphatic heterocycles. The van der Waals surface area contributed by atoms with Crippen molar-refractivity contribution in [3.63, 3.8) is 0 Å². The third-order valence-corrected chi connectivity index (χ3v) is 4.37. The fraction of sp³-hybridized carbons (Fsp3) is 0.300. The summed E-state index contributed by atoms with van der Waals surface area (Å²) in [4.78, 5) is 53.1. The highest BCUT2D eigenvalue weighted by Crippen LogP contribution is 2.20. The molecule has 2 atom stereocenters. The molecule has 11 heteroatoms. The number of rotatable bonds is 11. The number of fused-ring (bicyclic) bond motifs is 1. The zero-order valence-electron chi connectivity index (χ0n) is 16.3. The number of benzene rings is 1. The highest BCUT2D eigenvalue weighted by atomic mass is 16.5. The average molecular weight is 425 g/mol. The fourth-order valence-electron chi connectivity index (χ4n) is 2.89. The lowest BCUT2D eigenvalue weighted by Crippen LogP contribution is -2.47. The molecule has 0 spiro atoms. The molecule has 0 radical (unpaired) electrons. The molecular formula is C20H19N5O6. The quantitative estimate of drug-likeness (QED) is 0.205. The summed E-state index contributed by atoms with van der Waals surface area (Å²) in [6.07, 6.45) is -0.309. The Morgan fingerprint density at radius 2 is 2.06 bits per heavy atom. The Balaban J connectivity index is 2.19. The van der Waals surface area contributed by atoms with Crippen molar-refractivity contribution in [1.29, 1.82) is 5.26 Å². The van der Waals surface area contributed by atoms with Gasteiger partial charge in [0.25, 0.3) is 5.91 Å². The SMILES string of the molecule is N#CCC(=O)OC(Cc1c[nH]c2ccccc12)C(=O)N[C@@H](CCC(=O)C=[N+]=[N-])C(=O)O. The lowest BCUT2D eigenvalue weighted by atomic mass is 10.0. The Morgan fingerprint density at radius 3 is 2.74 bits per heavy atom. The number of aliphatic carboxylic acids is 1. The average Bonchev–Trinajstić information content (AvgIpc) is 3.13. The molecule has 3 N–H and O–H groups in total. The van der Waals surface area contributed by atoms with Crippen LogP contribution in [0.25, 0.3) is 16.4 Å². The Bertz CT molecular complexity index is 1080. The summed E-state index contributed by atoms with van der Waals surface area (Å²) in [5, 5.41) is 21.1. The van der Waals surface area contributed by atoms with Gasteiger partial charge in [0.15, 0.2) is 6.10 Å². The number of Topliss-reactive ketones (excluding diaryl/α,β-unsaturated/α-hetero) is 1. The molecule has 0 bridgehead atoms. The van der Waals surface area contributed by atoms with Crippen LogP contribution in [0.2, 0.25) is 0 Å². The van der Waals surface area contributed by atoms with Crippen LogP contribution in [-0.4, -0.2) is 56.9 Å². The number of nitrogens with one attached hydrogen (secondary N) is 2. The number of esters is 1. The number of amides is 1. The Labute approximate surface area is 176 Å². The number of carboxylic acids is 1. The number of nitrogens with zero attached hydrogens (tertiary/aromatic N) is 3. The van der Waals surface area contributed by atoms with Crippen LogP contribution in [0.3, 0.4) is 0 Å². The molecule has 0 fully saturated rings. The Kier molecular flexibility index (Phi) is 8.19. The normalized spacial score (nSPS) is 12.1. The minimum Gasteiger partial charge on any atom is -0.480 e. The van der Waals surface area contributed by atoms with Gasteiger partial charge in [-0.15, -0.1) is 0 Å². The van der Waals surface area contributed by atoms with Crippen molar-refractivity contribution in [2.45, 2.75) is 37.8 Å². The van der Waals surface area contributed by atoms with Crippen LogP contribution in [0, 0.1) is 11.3 Å². The number of carbonyl (C=O) groups is 4. The molecule has 0 saturated carbocycles. The molecule has 0 aliphatic carbocycles. The number of ether oxygens (including phenoxy) is 1. The van der Waals surface area contributed by atoms with Crippen molar-refractivity contribution in [3.8, 4) is 6.07 Å². The standard InChI is InChI=1S/C20H19N5O6/c21-8-7-18(27)31-17(9-12-10-23-15-4-2-1-3-14(12)15)19(28)25-16(20(29)30)6-5-13(26)11-24-22/h1-4,10-11,16-17,23H,5-7,9H2,(H,25,28)(H,29,30)/t16-,17?/m0/s1. The number of carboxylic acid groups (broad SMARTS) is 1. The summed E-state index contributed by atoms with van der Waals surface area (Å²) in [6, 6.07) is 7.43. The lowest BCUT2D eigenvalue weighted by Gasteiger charge is -2.20. The highest BCUT2D eigenvalue weighted by molar-refractivity contribution is 6.25. The van der Waals surface area contributed by atoms with Crippen molar-refractivity contribution < 1.29 is 33.8 Å². The van der Waals surface area contributed by atoms with Gasteiger partial charge in [-0.05, 0) is 18.1 Å². The first-order chi connectivity index (χ1) is 14.8. The van der Waals surface area contributed by atoms with Gasteiger partial charge in [0.05, 0.1) is 6.07 Å². The van der Waals surface area contributed by atoms with Gasteiger partial charge in [-0.25, -0.2) is 4.79 Å².